The van der Waals surface area contributed by atoms with Gasteiger partial charge in [0.2, 0.25) is 5.91 Å². The number of nitrogens with one attached hydrogen (secondary N) is 1. The molecule has 3 aliphatic heterocycles. The monoisotopic (exact) mass is 485 g/mol. The Hall–Kier alpha value is -2.48. The average Bonchev–Trinajstić information content (AvgIpc) is 3.56. The summed E-state index contributed by atoms with van der Waals surface area (Å²) in [7, 11) is 0. The SMILES string of the molecule is O=C(N[C@H](CN1CCCC1)[C@H](O)c1ccc2c(c1)OCCO2)C1CCN(c2ccc(Cl)cc2)C1. The molecule has 2 aromatic carbocycles. The molecule has 3 atom stereocenters. The van der Waals surface area contributed by atoms with Gasteiger partial charge in [-0.25, -0.2) is 0 Å². The van der Waals surface area contributed by atoms with Gasteiger partial charge in [-0.05, 0) is 74.3 Å². The molecule has 7 nitrogen and oxygen atoms in total. The number of ether oxygens (including phenoxy) is 2. The molecule has 2 fully saturated rings. The number of nitrogens with zero attached hydrogens (tertiary/aromatic N) is 2. The lowest BCUT2D eigenvalue weighted by molar-refractivity contribution is -0.126. The Morgan fingerprint density at radius 3 is 2.56 bits per heavy atom. The number of aliphatic hydroxyl groups excluding tert-OH is 1. The molecule has 182 valence electrons. The Balaban J connectivity index is 1.28. The molecule has 0 saturated carbocycles. The van der Waals surface area contributed by atoms with Crippen LogP contribution in [0.25, 0.3) is 0 Å². The molecule has 3 heterocycles. The molecule has 2 aromatic rings. The maximum atomic E-state index is 13.3. The minimum absolute atomic E-state index is 0.00254. The first-order valence-electron chi connectivity index (χ1n) is 12.2. The summed E-state index contributed by atoms with van der Waals surface area (Å²) in [5.74, 6) is 1.21. The summed E-state index contributed by atoms with van der Waals surface area (Å²) in [5, 5.41) is 15.2. The molecule has 34 heavy (non-hydrogen) atoms. The summed E-state index contributed by atoms with van der Waals surface area (Å²) in [6, 6.07) is 12.9. The Labute approximate surface area is 205 Å². The van der Waals surface area contributed by atoms with Crippen LogP contribution in [0.4, 0.5) is 5.69 Å². The lowest BCUT2D eigenvalue weighted by Crippen LogP contribution is -2.48. The number of anilines is 1. The molecule has 1 unspecified atom stereocenters. The first-order valence-corrected chi connectivity index (χ1v) is 12.6. The maximum Gasteiger partial charge on any atom is 0.225 e. The number of carbonyl (C=O) groups excluding carboxylic acids is 1. The van der Waals surface area contributed by atoms with Crippen molar-refractivity contribution in [1.29, 1.82) is 0 Å². The van der Waals surface area contributed by atoms with Gasteiger partial charge in [-0.15, -0.1) is 0 Å². The standard InChI is InChI=1S/C26H32ClN3O4/c27-20-4-6-21(7-5-20)30-12-9-19(16-30)26(32)28-22(17-29-10-1-2-11-29)25(31)18-3-8-23-24(15-18)34-14-13-33-23/h3-8,15,19,22,25,31H,1-2,9-14,16-17H2,(H,28,32)/t19?,22-,25-/m1/s1. The third-order valence-corrected chi connectivity index (χ3v) is 7.27. The molecule has 0 radical (unpaired) electrons. The summed E-state index contributed by atoms with van der Waals surface area (Å²) >= 11 is 6.02. The van der Waals surface area contributed by atoms with Crippen molar-refractivity contribution >= 4 is 23.2 Å². The molecule has 2 saturated heterocycles. The first kappa shape index (κ1) is 23.3. The molecule has 0 aromatic heterocycles. The highest BCUT2D eigenvalue weighted by Crippen LogP contribution is 2.34. The second-order valence-electron chi connectivity index (χ2n) is 9.38. The predicted octanol–water partition coefficient (Wildman–Crippen LogP) is 3.25. The fraction of sp³-hybridized carbons (Fsp3) is 0.500. The summed E-state index contributed by atoms with van der Waals surface area (Å²) in [4.78, 5) is 17.8. The molecule has 3 aliphatic rings. The highest BCUT2D eigenvalue weighted by Gasteiger charge is 2.33. The molecular weight excluding hydrogens is 454 g/mol. The third kappa shape index (κ3) is 5.27. The van der Waals surface area contributed by atoms with Crippen LogP contribution in [0.15, 0.2) is 42.5 Å². The Bertz CT molecular complexity index is 996. The van der Waals surface area contributed by atoms with E-state index in [0.717, 1.165) is 50.1 Å². The van der Waals surface area contributed by atoms with Crippen LogP contribution in [0.5, 0.6) is 11.5 Å². The van der Waals surface area contributed by atoms with Crippen LogP contribution in [-0.2, 0) is 4.79 Å². The average molecular weight is 486 g/mol. The van der Waals surface area contributed by atoms with Crippen molar-refractivity contribution in [2.75, 3.05) is 50.8 Å². The molecule has 5 rings (SSSR count). The molecule has 0 aliphatic carbocycles. The number of benzene rings is 2. The number of carbonyl (C=O) groups is 1. The van der Waals surface area contributed by atoms with Crippen molar-refractivity contribution in [3.05, 3.63) is 53.1 Å². The van der Waals surface area contributed by atoms with Crippen LogP contribution in [-0.4, -0.2) is 67.9 Å². The van der Waals surface area contributed by atoms with E-state index in [4.69, 9.17) is 21.1 Å². The van der Waals surface area contributed by atoms with E-state index in [1.165, 1.54) is 0 Å². The molecule has 2 N–H and O–H groups in total. The summed E-state index contributed by atoms with van der Waals surface area (Å²) in [6.45, 7) is 5.10. The van der Waals surface area contributed by atoms with Gasteiger partial charge in [0.25, 0.3) is 0 Å². The van der Waals surface area contributed by atoms with E-state index in [-0.39, 0.29) is 11.8 Å². The van der Waals surface area contributed by atoms with Gasteiger partial charge in [-0.3, -0.25) is 4.79 Å². The Kier molecular flexibility index (Phi) is 7.13. The van der Waals surface area contributed by atoms with Gasteiger partial charge in [-0.1, -0.05) is 17.7 Å². The number of amides is 1. The van der Waals surface area contributed by atoms with E-state index in [9.17, 15) is 9.90 Å². The fourth-order valence-corrected chi connectivity index (χ4v) is 5.23. The van der Waals surface area contributed by atoms with Crippen LogP contribution in [0, 0.1) is 5.92 Å². The normalized spacial score (nSPS) is 21.9. The van der Waals surface area contributed by atoms with Crippen LogP contribution >= 0.6 is 11.6 Å². The molecule has 1 amide bonds. The fourth-order valence-electron chi connectivity index (χ4n) is 5.11. The number of fused-ring (bicyclic) bond motifs is 1. The van der Waals surface area contributed by atoms with E-state index in [0.29, 0.717) is 42.8 Å². The van der Waals surface area contributed by atoms with Gasteiger partial charge in [-0.2, -0.15) is 0 Å². The highest BCUT2D eigenvalue weighted by atomic mass is 35.5. The third-order valence-electron chi connectivity index (χ3n) is 7.02. The number of halogens is 1. The van der Waals surface area contributed by atoms with E-state index in [2.05, 4.69) is 15.1 Å². The van der Waals surface area contributed by atoms with E-state index in [1.807, 2.05) is 42.5 Å². The van der Waals surface area contributed by atoms with Gasteiger partial charge >= 0.3 is 0 Å². The van der Waals surface area contributed by atoms with E-state index in [1.54, 1.807) is 0 Å². The van der Waals surface area contributed by atoms with E-state index < -0.39 is 12.1 Å². The second-order valence-corrected chi connectivity index (χ2v) is 9.82. The molecule has 8 heteroatoms. The number of hydrogen-bond donors (Lipinski definition) is 2. The largest absolute Gasteiger partial charge is 0.486 e. The van der Waals surface area contributed by atoms with Crippen molar-refractivity contribution in [3.63, 3.8) is 0 Å². The number of hydrogen-bond acceptors (Lipinski definition) is 6. The number of likely N-dealkylation sites (tertiary alicyclic amines) is 1. The summed E-state index contributed by atoms with van der Waals surface area (Å²) in [5.41, 5.74) is 1.80. The lowest BCUT2D eigenvalue weighted by atomic mass is 9.99. The number of aliphatic hydroxyl groups is 1. The summed E-state index contributed by atoms with van der Waals surface area (Å²) in [6.07, 6.45) is 2.25. The quantitative estimate of drug-likeness (QED) is 0.627. The maximum absolute atomic E-state index is 13.3. The molecule has 0 bridgehead atoms. The minimum atomic E-state index is -0.839. The number of rotatable bonds is 7. The predicted molar refractivity (Wildman–Crippen MR) is 132 cm³/mol. The molecular formula is C26H32ClN3O4. The van der Waals surface area contributed by atoms with Crippen molar-refractivity contribution in [3.8, 4) is 11.5 Å². The van der Waals surface area contributed by atoms with Gasteiger partial charge < -0.3 is 29.7 Å². The smallest absolute Gasteiger partial charge is 0.225 e. The second kappa shape index (κ2) is 10.4. The van der Waals surface area contributed by atoms with Crippen LogP contribution < -0.4 is 19.7 Å². The van der Waals surface area contributed by atoms with Gasteiger partial charge in [0.05, 0.1) is 12.0 Å². The van der Waals surface area contributed by atoms with Gasteiger partial charge in [0.1, 0.15) is 19.3 Å². The van der Waals surface area contributed by atoms with Crippen LogP contribution in [0.3, 0.4) is 0 Å². The zero-order valence-electron chi connectivity index (χ0n) is 19.3. The summed E-state index contributed by atoms with van der Waals surface area (Å²) < 4.78 is 11.3. The zero-order chi connectivity index (χ0) is 23.5. The highest BCUT2D eigenvalue weighted by molar-refractivity contribution is 6.30. The van der Waals surface area contributed by atoms with Crippen molar-refractivity contribution in [1.82, 2.24) is 10.2 Å². The first-order chi connectivity index (χ1) is 16.6. The topological polar surface area (TPSA) is 74.3 Å². The van der Waals surface area contributed by atoms with Crippen molar-refractivity contribution < 1.29 is 19.4 Å². The minimum Gasteiger partial charge on any atom is -0.486 e. The lowest BCUT2D eigenvalue weighted by Gasteiger charge is -2.30. The Morgan fingerprint density at radius 1 is 1.06 bits per heavy atom. The van der Waals surface area contributed by atoms with Crippen LogP contribution in [0.1, 0.15) is 30.9 Å². The van der Waals surface area contributed by atoms with Crippen molar-refractivity contribution in [2.24, 2.45) is 5.92 Å². The van der Waals surface area contributed by atoms with E-state index >= 15 is 0 Å². The Morgan fingerprint density at radius 2 is 1.79 bits per heavy atom. The van der Waals surface area contributed by atoms with Gasteiger partial charge in [0, 0.05) is 30.3 Å². The zero-order valence-corrected chi connectivity index (χ0v) is 20.0. The molecule has 0 spiro atoms. The van der Waals surface area contributed by atoms with Crippen molar-refractivity contribution in [2.45, 2.75) is 31.4 Å². The van der Waals surface area contributed by atoms with Crippen LogP contribution in [0.2, 0.25) is 5.02 Å². The van der Waals surface area contributed by atoms with Gasteiger partial charge in [0.15, 0.2) is 11.5 Å².